The van der Waals surface area contributed by atoms with Crippen LogP contribution in [0.3, 0.4) is 0 Å². The molecule has 3 aromatic rings. The molecule has 3 heterocycles. The van der Waals surface area contributed by atoms with Crippen LogP contribution in [0.2, 0.25) is 5.02 Å². The molecule has 0 spiro atoms. The van der Waals surface area contributed by atoms with Gasteiger partial charge in [0.05, 0.1) is 11.6 Å². The van der Waals surface area contributed by atoms with E-state index >= 15 is 0 Å². The zero-order valence-electron chi connectivity index (χ0n) is 17.6. The third kappa shape index (κ3) is 4.43. The minimum Gasteiger partial charge on any atom is -0.363 e. The van der Waals surface area contributed by atoms with E-state index in [1.807, 2.05) is 13.8 Å². The Morgan fingerprint density at radius 1 is 1.39 bits per heavy atom. The van der Waals surface area contributed by atoms with Crippen LogP contribution in [0.1, 0.15) is 57.5 Å². The molecule has 172 valence electrons. The SMILES string of the molecule is CCc1c(C)sc(NC(=O)c2cc3n(n2)[C@@H](C(F)(F)F)C[C@H](c2ccc(Cl)cc2)N3)c1C#N. The highest BCUT2D eigenvalue weighted by atomic mass is 35.5. The van der Waals surface area contributed by atoms with E-state index < -0.39 is 24.2 Å². The van der Waals surface area contributed by atoms with Gasteiger partial charge in [-0.3, -0.25) is 4.79 Å². The predicted octanol–water partition coefficient (Wildman–Crippen LogP) is 6.25. The lowest BCUT2D eigenvalue weighted by Crippen LogP contribution is -2.35. The zero-order valence-corrected chi connectivity index (χ0v) is 19.2. The largest absolute Gasteiger partial charge is 0.410 e. The molecule has 1 aromatic carbocycles. The first-order valence-electron chi connectivity index (χ1n) is 10.1. The molecule has 1 amide bonds. The van der Waals surface area contributed by atoms with E-state index in [4.69, 9.17) is 11.6 Å². The number of alkyl halides is 3. The molecular weight excluding hydrogens is 475 g/mol. The van der Waals surface area contributed by atoms with Crippen molar-refractivity contribution in [1.82, 2.24) is 9.78 Å². The number of thiophene rings is 1. The molecule has 1 aliphatic rings. The van der Waals surface area contributed by atoms with E-state index in [2.05, 4.69) is 21.8 Å². The molecule has 1 aliphatic heterocycles. The lowest BCUT2D eigenvalue weighted by Gasteiger charge is -2.33. The molecule has 0 bridgehead atoms. The van der Waals surface area contributed by atoms with Crippen molar-refractivity contribution in [3.8, 4) is 6.07 Å². The summed E-state index contributed by atoms with van der Waals surface area (Å²) in [6.07, 6.45) is -4.22. The molecule has 6 nitrogen and oxygen atoms in total. The maximum Gasteiger partial charge on any atom is 0.410 e. The van der Waals surface area contributed by atoms with E-state index in [0.717, 1.165) is 15.1 Å². The predicted molar refractivity (Wildman–Crippen MR) is 121 cm³/mol. The number of anilines is 2. The Morgan fingerprint density at radius 2 is 2.09 bits per heavy atom. The molecule has 0 radical (unpaired) electrons. The fourth-order valence-electron chi connectivity index (χ4n) is 3.98. The third-order valence-corrected chi connectivity index (χ3v) is 6.91. The maximum atomic E-state index is 13.9. The Hall–Kier alpha value is -3.03. The summed E-state index contributed by atoms with van der Waals surface area (Å²) >= 11 is 7.16. The molecule has 33 heavy (non-hydrogen) atoms. The van der Waals surface area contributed by atoms with Crippen molar-refractivity contribution < 1.29 is 18.0 Å². The van der Waals surface area contributed by atoms with Gasteiger partial charge in [-0.2, -0.15) is 23.5 Å². The minimum absolute atomic E-state index is 0.0887. The molecule has 0 aliphatic carbocycles. The van der Waals surface area contributed by atoms with Crippen molar-refractivity contribution in [2.45, 2.75) is 44.9 Å². The molecule has 2 aromatic heterocycles. The number of hydrogen-bond acceptors (Lipinski definition) is 5. The normalized spacial score (nSPS) is 17.7. The average molecular weight is 494 g/mol. The second-order valence-corrected chi connectivity index (χ2v) is 9.32. The third-order valence-electron chi connectivity index (χ3n) is 5.60. The van der Waals surface area contributed by atoms with Gasteiger partial charge in [0.1, 0.15) is 16.9 Å². The first-order valence-corrected chi connectivity index (χ1v) is 11.3. The number of halogens is 4. The van der Waals surface area contributed by atoms with Gasteiger partial charge >= 0.3 is 6.18 Å². The van der Waals surface area contributed by atoms with Crippen molar-refractivity contribution in [1.29, 1.82) is 5.26 Å². The number of aryl methyl sites for hydroxylation is 1. The van der Waals surface area contributed by atoms with Crippen molar-refractivity contribution in [3.63, 3.8) is 0 Å². The Labute approximate surface area is 197 Å². The van der Waals surface area contributed by atoms with Gasteiger partial charge < -0.3 is 10.6 Å². The highest BCUT2D eigenvalue weighted by Crippen LogP contribution is 2.44. The monoisotopic (exact) mass is 493 g/mol. The molecular formula is C22H19ClF3N5OS. The first kappa shape index (κ1) is 23.1. The molecule has 0 unspecified atom stereocenters. The van der Waals surface area contributed by atoms with E-state index in [1.54, 1.807) is 24.3 Å². The van der Waals surface area contributed by atoms with Crippen LogP contribution in [0.25, 0.3) is 0 Å². The van der Waals surface area contributed by atoms with E-state index in [-0.39, 0.29) is 17.9 Å². The summed E-state index contributed by atoms with van der Waals surface area (Å²) in [5.74, 6) is -0.589. The van der Waals surface area contributed by atoms with Crippen molar-refractivity contribution in [3.05, 3.63) is 62.6 Å². The quantitative estimate of drug-likeness (QED) is 0.450. The number of nitriles is 1. The van der Waals surface area contributed by atoms with E-state index in [9.17, 15) is 23.2 Å². The summed E-state index contributed by atoms with van der Waals surface area (Å²) in [4.78, 5) is 13.7. The number of fused-ring (bicyclic) bond motifs is 1. The zero-order chi connectivity index (χ0) is 23.9. The number of nitrogens with one attached hydrogen (secondary N) is 2. The van der Waals surface area contributed by atoms with Gasteiger partial charge in [0.2, 0.25) is 0 Å². The van der Waals surface area contributed by atoms with Crippen molar-refractivity contribution >= 4 is 39.7 Å². The number of benzene rings is 1. The van der Waals surface area contributed by atoms with Gasteiger partial charge in [-0.05, 0) is 36.6 Å². The molecule has 2 N–H and O–H groups in total. The standard InChI is InChI=1S/C22H19ClF3N5OS/c1-3-14-11(2)33-21(15(14)10-27)29-20(32)17-9-19-28-16(12-4-6-13(23)7-5-12)8-18(22(24,25)26)31(19)30-17/h4-7,9,16,18,28H,3,8H2,1-2H3,(H,29,32)/t16-,18-/m1/s1. The summed E-state index contributed by atoms with van der Waals surface area (Å²) in [7, 11) is 0. The Bertz CT molecular complexity index is 1240. The lowest BCUT2D eigenvalue weighted by molar-refractivity contribution is -0.173. The van der Waals surface area contributed by atoms with E-state index in [1.165, 1.54) is 17.4 Å². The van der Waals surface area contributed by atoms with Crippen molar-refractivity contribution in [2.75, 3.05) is 10.6 Å². The smallest absolute Gasteiger partial charge is 0.363 e. The van der Waals surface area contributed by atoms with Crippen LogP contribution in [-0.4, -0.2) is 21.9 Å². The summed E-state index contributed by atoms with van der Waals surface area (Å²) < 4.78 is 42.4. The average Bonchev–Trinajstić information content (AvgIpc) is 3.32. The van der Waals surface area contributed by atoms with Crippen molar-refractivity contribution in [2.24, 2.45) is 0 Å². The van der Waals surface area contributed by atoms with Crippen LogP contribution >= 0.6 is 22.9 Å². The number of aromatic nitrogens is 2. The van der Waals surface area contributed by atoms with Crippen LogP contribution in [-0.2, 0) is 6.42 Å². The van der Waals surface area contributed by atoms with Crippen LogP contribution in [0.4, 0.5) is 24.0 Å². The summed E-state index contributed by atoms with van der Waals surface area (Å²) in [6.45, 7) is 3.76. The highest BCUT2D eigenvalue weighted by molar-refractivity contribution is 7.16. The van der Waals surface area contributed by atoms with Crippen LogP contribution < -0.4 is 10.6 Å². The number of carbonyl (C=O) groups is 1. The molecule has 0 saturated carbocycles. The fraction of sp³-hybridized carbons (Fsp3) is 0.318. The van der Waals surface area contributed by atoms with Crippen LogP contribution in [0, 0.1) is 18.3 Å². The number of rotatable bonds is 4. The van der Waals surface area contributed by atoms with Gasteiger partial charge in [-0.15, -0.1) is 11.3 Å². The number of carbonyl (C=O) groups excluding carboxylic acids is 1. The first-order chi connectivity index (χ1) is 15.6. The summed E-state index contributed by atoms with van der Waals surface area (Å²) in [5.41, 5.74) is 1.68. The Morgan fingerprint density at radius 3 is 2.70 bits per heavy atom. The number of hydrogen-bond donors (Lipinski definition) is 2. The molecule has 2 atom stereocenters. The topological polar surface area (TPSA) is 82.7 Å². The Balaban J connectivity index is 1.66. The van der Waals surface area contributed by atoms with Gasteiger partial charge in [-0.25, -0.2) is 4.68 Å². The van der Waals surface area contributed by atoms with E-state index in [0.29, 0.717) is 27.6 Å². The highest BCUT2D eigenvalue weighted by Gasteiger charge is 2.46. The Kier molecular flexibility index (Phi) is 6.12. The lowest BCUT2D eigenvalue weighted by atomic mass is 9.97. The van der Waals surface area contributed by atoms with Gasteiger partial charge in [0, 0.05) is 22.4 Å². The van der Waals surface area contributed by atoms with Gasteiger partial charge in [0.15, 0.2) is 11.7 Å². The second-order valence-electron chi connectivity index (χ2n) is 7.66. The summed E-state index contributed by atoms with van der Waals surface area (Å²) in [6, 6.07) is 7.43. The molecule has 4 rings (SSSR count). The maximum absolute atomic E-state index is 13.9. The summed E-state index contributed by atoms with van der Waals surface area (Å²) in [5, 5.41) is 20.0. The molecule has 0 saturated heterocycles. The molecule has 11 heteroatoms. The van der Waals surface area contributed by atoms with Crippen LogP contribution in [0.5, 0.6) is 0 Å². The van der Waals surface area contributed by atoms with Crippen LogP contribution in [0.15, 0.2) is 30.3 Å². The van der Waals surface area contributed by atoms with Gasteiger partial charge in [0.25, 0.3) is 5.91 Å². The fourth-order valence-corrected chi connectivity index (χ4v) is 5.19. The molecule has 0 fully saturated rings. The van der Waals surface area contributed by atoms with Gasteiger partial charge in [-0.1, -0.05) is 30.7 Å². The second kappa shape index (κ2) is 8.72. The number of nitrogens with zero attached hydrogens (tertiary/aromatic N) is 3. The number of amides is 1. The minimum atomic E-state index is -4.56.